The van der Waals surface area contributed by atoms with Gasteiger partial charge in [0, 0.05) is 44.5 Å². The van der Waals surface area contributed by atoms with Crippen molar-refractivity contribution in [3.05, 3.63) is 205 Å². The molecular weight excluding hydrogens is 641 g/mol. The minimum absolute atomic E-state index is 0.138. The highest BCUT2D eigenvalue weighted by Gasteiger charge is 2.38. The van der Waals surface area contributed by atoms with Gasteiger partial charge < -0.3 is 9.47 Å². The summed E-state index contributed by atoms with van der Waals surface area (Å²) in [6.45, 7) is 4.77. The van der Waals surface area contributed by atoms with E-state index < -0.39 is 0 Å². The summed E-state index contributed by atoms with van der Waals surface area (Å²) in [5, 5.41) is 2.60. The van der Waals surface area contributed by atoms with Crippen LogP contribution in [0.2, 0.25) is 0 Å². The Hall–Kier alpha value is -6.64. The van der Waals surface area contributed by atoms with Gasteiger partial charge in [0.15, 0.2) is 0 Å². The van der Waals surface area contributed by atoms with Crippen LogP contribution < -0.4 is 4.90 Å². The zero-order valence-corrected chi connectivity index (χ0v) is 29.9. The van der Waals surface area contributed by atoms with Crippen LogP contribution in [0.25, 0.3) is 60.9 Å². The van der Waals surface area contributed by atoms with Crippen molar-refractivity contribution in [2.45, 2.75) is 19.3 Å². The molecule has 9 aromatic rings. The molecule has 252 valence electrons. The lowest BCUT2D eigenvalue weighted by Crippen LogP contribution is -2.15. The zero-order valence-electron chi connectivity index (χ0n) is 29.9. The molecule has 1 aliphatic carbocycles. The SMILES string of the molecule is CC1(C)c2ccccc2-c2c1cc(-c1ccc(N(c3ccccc3)c3ccc(-c4ccccc4)cc3)cc1)c1c2c2ccccc2n1-c1ccccc1. The second-order valence-electron chi connectivity index (χ2n) is 14.6. The third-order valence-corrected chi connectivity index (χ3v) is 11.2. The lowest BCUT2D eigenvalue weighted by atomic mass is 9.81. The first-order valence-corrected chi connectivity index (χ1v) is 18.4. The molecule has 0 spiro atoms. The van der Waals surface area contributed by atoms with Crippen molar-refractivity contribution >= 4 is 38.9 Å². The van der Waals surface area contributed by atoms with E-state index in [1.165, 1.54) is 66.3 Å². The van der Waals surface area contributed by atoms with Crippen LogP contribution in [0, 0.1) is 0 Å². The first-order valence-electron chi connectivity index (χ1n) is 18.4. The number of aromatic nitrogens is 1. The van der Waals surface area contributed by atoms with E-state index in [1.807, 2.05) is 0 Å². The number of hydrogen-bond donors (Lipinski definition) is 0. The molecule has 2 nitrogen and oxygen atoms in total. The predicted octanol–water partition coefficient (Wildman–Crippen LogP) is 13.9. The van der Waals surface area contributed by atoms with Crippen molar-refractivity contribution in [2.24, 2.45) is 0 Å². The summed E-state index contributed by atoms with van der Waals surface area (Å²) < 4.78 is 2.48. The third-order valence-electron chi connectivity index (χ3n) is 11.2. The fourth-order valence-electron chi connectivity index (χ4n) is 8.64. The average Bonchev–Trinajstić information content (AvgIpc) is 3.68. The van der Waals surface area contributed by atoms with Crippen LogP contribution >= 0.6 is 0 Å². The normalized spacial score (nSPS) is 12.9. The van der Waals surface area contributed by atoms with Crippen molar-refractivity contribution in [3.63, 3.8) is 0 Å². The second-order valence-corrected chi connectivity index (χ2v) is 14.6. The van der Waals surface area contributed by atoms with Gasteiger partial charge in [0.05, 0.1) is 11.0 Å². The van der Waals surface area contributed by atoms with E-state index >= 15 is 0 Å². The standard InChI is InChI=1S/C51H38N2/c1-51(2)45-24-14-12-22-42(45)48-46(51)34-44(50-49(48)43-23-13-15-25-47(43)53(50)39-20-10-5-11-21-39)37-28-32-41(33-29-37)52(38-18-8-4-9-19-38)40-30-26-36(27-31-40)35-16-6-3-7-17-35/h3-34H,1-2H3. The van der Waals surface area contributed by atoms with Gasteiger partial charge >= 0.3 is 0 Å². The summed E-state index contributed by atoms with van der Waals surface area (Å²) >= 11 is 0. The fraction of sp³-hybridized carbons (Fsp3) is 0.0588. The topological polar surface area (TPSA) is 8.17 Å². The van der Waals surface area contributed by atoms with Crippen LogP contribution in [-0.2, 0) is 5.41 Å². The van der Waals surface area contributed by atoms with Crippen LogP contribution in [0.15, 0.2) is 194 Å². The van der Waals surface area contributed by atoms with Crippen molar-refractivity contribution < 1.29 is 0 Å². The van der Waals surface area contributed by atoms with E-state index in [2.05, 4.69) is 217 Å². The number of para-hydroxylation sites is 3. The van der Waals surface area contributed by atoms with E-state index in [4.69, 9.17) is 0 Å². The molecule has 0 aliphatic heterocycles. The largest absolute Gasteiger partial charge is 0.311 e. The highest BCUT2D eigenvalue weighted by atomic mass is 15.1. The van der Waals surface area contributed by atoms with Gasteiger partial charge in [0.1, 0.15) is 0 Å². The van der Waals surface area contributed by atoms with Gasteiger partial charge in [-0.25, -0.2) is 0 Å². The summed E-state index contributed by atoms with van der Waals surface area (Å²) in [5.41, 5.74) is 17.2. The number of nitrogens with zero attached hydrogens (tertiary/aromatic N) is 2. The molecule has 8 aromatic carbocycles. The Labute approximate surface area is 310 Å². The van der Waals surface area contributed by atoms with Gasteiger partial charge in [0.2, 0.25) is 0 Å². The van der Waals surface area contributed by atoms with E-state index in [0.717, 1.165) is 22.7 Å². The maximum atomic E-state index is 2.49. The molecule has 2 heteroatoms. The molecule has 0 unspecified atom stereocenters. The maximum Gasteiger partial charge on any atom is 0.0625 e. The fourth-order valence-corrected chi connectivity index (χ4v) is 8.64. The minimum Gasteiger partial charge on any atom is -0.311 e. The zero-order chi connectivity index (χ0) is 35.5. The Kier molecular flexibility index (Phi) is 7.19. The monoisotopic (exact) mass is 678 g/mol. The molecule has 0 saturated carbocycles. The van der Waals surface area contributed by atoms with Gasteiger partial charge in [0.25, 0.3) is 0 Å². The molecule has 0 amide bonds. The Morgan fingerprint density at radius 1 is 0.434 bits per heavy atom. The summed E-state index contributed by atoms with van der Waals surface area (Å²) in [7, 11) is 0. The molecule has 1 aliphatic rings. The van der Waals surface area contributed by atoms with Crippen molar-refractivity contribution in [1.82, 2.24) is 4.57 Å². The molecule has 1 heterocycles. The van der Waals surface area contributed by atoms with Crippen LogP contribution in [0.1, 0.15) is 25.0 Å². The molecule has 1 aromatic heterocycles. The lowest BCUT2D eigenvalue weighted by Gasteiger charge is -2.26. The van der Waals surface area contributed by atoms with E-state index in [1.54, 1.807) is 0 Å². The Balaban J connectivity index is 1.19. The molecule has 0 saturated heterocycles. The smallest absolute Gasteiger partial charge is 0.0625 e. The van der Waals surface area contributed by atoms with Crippen molar-refractivity contribution in [2.75, 3.05) is 4.90 Å². The van der Waals surface area contributed by atoms with Crippen LogP contribution in [0.4, 0.5) is 17.1 Å². The third kappa shape index (κ3) is 4.94. The number of anilines is 3. The van der Waals surface area contributed by atoms with Crippen LogP contribution in [-0.4, -0.2) is 4.57 Å². The van der Waals surface area contributed by atoms with E-state index in [-0.39, 0.29) is 5.41 Å². The first kappa shape index (κ1) is 31.1. The highest BCUT2D eigenvalue weighted by molar-refractivity contribution is 6.21. The van der Waals surface area contributed by atoms with E-state index in [9.17, 15) is 0 Å². The van der Waals surface area contributed by atoms with Gasteiger partial charge in [-0.1, -0.05) is 147 Å². The Morgan fingerprint density at radius 3 is 1.66 bits per heavy atom. The quantitative estimate of drug-likeness (QED) is 0.170. The Bertz CT molecular complexity index is 2760. The number of benzene rings is 8. The van der Waals surface area contributed by atoms with Gasteiger partial charge in [-0.3, -0.25) is 0 Å². The predicted molar refractivity (Wildman–Crippen MR) is 224 cm³/mol. The summed E-state index contributed by atoms with van der Waals surface area (Å²) in [5.74, 6) is 0. The molecular formula is C51H38N2. The average molecular weight is 679 g/mol. The van der Waals surface area contributed by atoms with Gasteiger partial charge in [-0.05, 0) is 99.6 Å². The first-order chi connectivity index (χ1) is 26.1. The second kappa shape index (κ2) is 12.3. The number of rotatable bonds is 6. The summed E-state index contributed by atoms with van der Waals surface area (Å²) in [6, 6.07) is 70.6. The number of hydrogen-bond acceptors (Lipinski definition) is 1. The molecule has 0 bridgehead atoms. The number of fused-ring (bicyclic) bond motifs is 7. The minimum atomic E-state index is -0.138. The maximum absolute atomic E-state index is 2.49. The Morgan fingerprint density at radius 2 is 0.962 bits per heavy atom. The molecule has 0 fully saturated rings. The van der Waals surface area contributed by atoms with Gasteiger partial charge in [-0.15, -0.1) is 0 Å². The molecule has 10 rings (SSSR count). The summed E-state index contributed by atoms with van der Waals surface area (Å²) in [4.78, 5) is 2.34. The van der Waals surface area contributed by atoms with Crippen LogP contribution in [0.3, 0.4) is 0 Å². The highest BCUT2D eigenvalue weighted by Crippen LogP contribution is 2.55. The van der Waals surface area contributed by atoms with Crippen LogP contribution in [0.5, 0.6) is 0 Å². The lowest BCUT2D eigenvalue weighted by molar-refractivity contribution is 0.661. The molecule has 53 heavy (non-hydrogen) atoms. The van der Waals surface area contributed by atoms with E-state index in [0.29, 0.717) is 0 Å². The summed E-state index contributed by atoms with van der Waals surface area (Å²) in [6.07, 6.45) is 0. The molecule has 0 atom stereocenters. The van der Waals surface area contributed by atoms with Crippen molar-refractivity contribution in [3.8, 4) is 39.1 Å². The molecule has 0 N–H and O–H groups in total. The van der Waals surface area contributed by atoms with Crippen molar-refractivity contribution in [1.29, 1.82) is 0 Å². The molecule has 0 radical (unpaired) electrons. The van der Waals surface area contributed by atoms with Gasteiger partial charge in [-0.2, -0.15) is 0 Å².